The average Bonchev–Trinajstić information content (AvgIpc) is 3.53. The minimum atomic E-state index is -0.438. The molecule has 2 aromatic carbocycles. The first-order chi connectivity index (χ1) is 15.6. The highest BCUT2D eigenvalue weighted by Gasteiger charge is 2.32. The number of nitrogens with zero attached hydrogens (tertiary/aromatic N) is 4. The SMILES string of the molecule is Cc1ccc2cn[nH]c2c1-c1c(Cl)cc2cnc(NC3CCN(C4CC4)CC3)nc2c1F. The molecule has 1 saturated carbocycles. The summed E-state index contributed by atoms with van der Waals surface area (Å²) in [6, 6.07) is 6.75. The number of likely N-dealkylation sites (tertiary alicyclic amines) is 1. The van der Waals surface area contributed by atoms with Crippen LogP contribution in [0.15, 0.2) is 30.6 Å². The first kappa shape index (κ1) is 19.9. The maximum atomic E-state index is 15.9. The lowest BCUT2D eigenvalue weighted by atomic mass is 9.96. The summed E-state index contributed by atoms with van der Waals surface area (Å²) in [4.78, 5) is 11.6. The van der Waals surface area contributed by atoms with Crippen molar-refractivity contribution in [3.05, 3.63) is 47.0 Å². The Bertz CT molecular complexity index is 1320. The van der Waals surface area contributed by atoms with Gasteiger partial charge in [-0.15, -0.1) is 0 Å². The van der Waals surface area contributed by atoms with Crippen LogP contribution < -0.4 is 5.32 Å². The molecule has 2 N–H and O–H groups in total. The van der Waals surface area contributed by atoms with Crippen molar-refractivity contribution in [2.24, 2.45) is 0 Å². The molecule has 1 aliphatic heterocycles. The maximum Gasteiger partial charge on any atom is 0.223 e. The normalized spacial score (nSPS) is 18.0. The molecule has 32 heavy (non-hydrogen) atoms. The third kappa shape index (κ3) is 3.40. The van der Waals surface area contributed by atoms with E-state index < -0.39 is 5.82 Å². The quantitative estimate of drug-likeness (QED) is 0.440. The van der Waals surface area contributed by atoms with Crippen LogP contribution in [-0.4, -0.2) is 50.2 Å². The number of aromatic amines is 1. The van der Waals surface area contributed by atoms with Crippen molar-refractivity contribution >= 4 is 39.4 Å². The maximum absolute atomic E-state index is 15.9. The number of rotatable bonds is 4. The molecule has 8 heteroatoms. The van der Waals surface area contributed by atoms with Crippen LogP contribution in [0.1, 0.15) is 31.2 Å². The molecule has 0 bridgehead atoms. The second-order valence-electron chi connectivity index (χ2n) is 8.96. The number of hydrogen-bond donors (Lipinski definition) is 2. The van der Waals surface area contributed by atoms with Crippen LogP contribution in [0.5, 0.6) is 0 Å². The van der Waals surface area contributed by atoms with Gasteiger partial charge in [-0.3, -0.25) is 5.10 Å². The van der Waals surface area contributed by atoms with Gasteiger partial charge in [0.25, 0.3) is 0 Å². The minimum Gasteiger partial charge on any atom is -0.351 e. The Kier molecular flexibility index (Phi) is 4.77. The zero-order chi connectivity index (χ0) is 21.8. The molecule has 2 fully saturated rings. The molecular weight excluding hydrogens is 427 g/mol. The van der Waals surface area contributed by atoms with Gasteiger partial charge in [-0.1, -0.05) is 23.7 Å². The van der Waals surface area contributed by atoms with Gasteiger partial charge in [-0.2, -0.15) is 5.10 Å². The molecule has 0 amide bonds. The van der Waals surface area contributed by atoms with E-state index in [1.807, 2.05) is 19.1 Å². The molecule has 164 valence electrons. The number of fused-ring (bicyclic) bond motifs is 2. The summed E-state index contributed by atoms with van der Waals surface area (Å²) in [5.74, 6) is 0.0257. The zero-order valence-corrected chi connectivity index (χ0v) is 18.6. The number of H-pyrrole nitrogens is 1. The van der Waals surface area contributed by atoms with Gasteiger partial charge in [0.15, 0.2) is 5.82 Å². The van der Waals surface area contributed by atoms with Crippen molar-refractivity contribution < 1.29 is 4.39 Å². The van der Waals surface area contributed by atoms with E-state index in [2.05, 4.69) is 30.4 Å². The lowest BCUT2D eigenvalue weighted by Gasteiger charge is -2.32. The molecule has 0 atom stereocenters. The molecule has 0 radical (unpaired) electrons. The van der Waals surface area contributed by atoms with Gasteiger partial charge in [-0.25, -0.2) is 14.4 Å². The molecule has 6 rings (SSSR count). The van der Waals surface area contributed by atoms with E-state index in [9.17, 15) is 0 Å². The predicted octanol–water partition coefficient (Wildman–Crippen LogP) is 5.31. The molecule has 0 spiro atoms. The van der Waals surface area contributed by atoms with Gasteiger partial charge in [-0.05, 0) is 44.2 Å². The smallest absolute Gasteiger partial charge is 0.223 e. The number of aromatic nitrogens is 4. The number of benzene rings is 2. The molecule has 6 nitrogen and oxygen atoms in total. The minimum absolute atomic E-state index is 0.272. The summed E-state index contributed by atoms with van der Waals surface area (Å²) >= 11 is 6.57. The Hall–Kier alpha value is -2.77. The van der Waals surface area contributed by atoms with Crippen LogP contribution >= 0.6 is 11.6 Å². The topological polar surface area (TPSA) is 69.7 Å². The third-order valence-electron chi connectivity index (χ3n) is 6.77. The van der Waals surface area contributed by atoms with Crippen LogP contribution in [0.25, 0.3) is 32.9 Å². The lowest BCUT2D eigenvalue weighted by molar-refractivity contribution is 0.210. The molecule has 4 aromatic rings. The molecule has 2 aromatic heterocycles. The van der Waals surface area contributed by atoms with Crippen molar-refractivity contribution in [3.63, 3.8) is 0 Å². The van der Waals surface area contributed by atoms with Crippen LogP contribution in [-0.2, 0) is 0 Å². The monoisotopic (exact) mass is 450 g/mol. The van der Waals surface area contributed by atoms with Crippen molar-refractivity contribution in [3.8, 4) is 11.1 Å². The van der Waals surface area contributed by atoms with Crippen LogP contribution in [0.3, 0.4) is 0 Å². The van der Waals surface area contributed by atoms with E-state index >= 15 is 4.39 Å². The van der Waals surface area contributed by atoms with Crippen molar-refractivity contribution in [1.29, 1.82) is 0 Å². The summed E-state index contributed by atoms with van der Waals surface area (Å²) < 4.78 is 15.9. The second-order valence-corrected chi connectivity index (χ2v) is 9.36. The fourth-order valence-corrected chi connectivity index (χ4v) is 5.17. The van der Waals surface area contributed by atoms with E-state index in [1.54, 1.807) is 18.5 Å². The van der Waals surface area contributed by atoms with E-state index in [-0.39, 0.29) is 5.52 Å². The first-order valence-electron chi connectivity index (χ1n) is 11.2. The summed E-state index contributed by atoms with van der Waals surface area (Å²) in [5, 5.41) is 12.4. The van der Waals surface area contributed by atoms with Gasteiger partial charge in [0.1, 0.15) is 5.52 Å². The highest BCUT2D eigenvalue weighted by atomic mass is 35.5. The molecule has 0 unspecified atom stereocenters. The van der Waals surface area contributed by atoms with E-state index in [0.717, 1.165) is 48.4 Å². The van der Waals surface area contributed by atoms with E-state index in [4.69, 9.17) is 11.6 Å². The zero-order valence-electron chi connectivity index (χ0n) is 17.8. The number of hydrogen-bond acceptors (Lipinski definition) is 5. The summed E-state index contributed by atoms with van der Waals surface area (Å²) in [6.45, 7) is 4.13. The summed E-state index contributed by atoms with van der Waals surface area (Å²) in [5.41, 5.74) is 3.00. The molecule has 1 aliphatic carbocycles. The molecule has 2 aliphatic rings. The second kappa shape index (κ2) is 7.67. The van der Waals surface area contributed by atoms with E-state index in [1.165, 1.54) is 12.8 Å². The number of aryl methyl sites for hydroxylation is 1. The van der Waals surface area contributed by atoms with Crippen molar-refractivity contribution in [1.82, 2.24) is 25.1 Å². The van der Waals surface area contributed by atoms with Crippen molar-refractivity contribution in [2.75, 3.05) is 18.4 Å². The van der Waals surface area contributed by atoms with Crippen LogP contribution in [0.2, 0.25) is 5.02 Å². The third-order valence-corrected chi connectivity index (χ3v) is 7.07. The fourth-order valence-electron chi connectivity index (χ4n) is 4.87. The Balaban J connectivity index is 1.37. The highest BCUT2D eigenvalue weighted by molar-refractivity contribution is 6.34. The van der Waals surface area contributed by atoms with Gasteiger partial charge in [0.05, 0.1) is 16.7 Å². The first-order valence-corrected chi connectivity index (χ1v) is 11.5. The lowest BCUT2D eigenvalue weighted by Crippen LogP contribution is -2.40. The molecular formula is C24H24ClFN6. The van der Waals surface area contributed by atoms with Gasteiger partial charge >= 0.3 is 0 Å². The summed E-state index contributed by atoms with van der Waals surface area (Å²) in [6.07, 6.45) is 8.14. The van der Waals surface area contributed by atoms with Gasteiger partial charge in [0.2, 0.25) is 5.95 Å². The van der Waals surface area contributed by atoms with Crippen molar-refractivity contribution in [2.45, 2.75) is 44.7 Å². The van der Waals surface area contributed by atoms with Crippen LogP contribution in [0.4, 0.5) is 10.3 Å². The number of nitrogens with one attached hydrogen (secondary N) is 2. The Morgan fingerprint density at radius 1 is 1.09 bits per heavy atom. The number of anilines is 1. The predicted molar refractivity (Wildman–Crippen MR) is 126 cm³/mol. The standard InChI is InChI=1S/C24H24ClFN6/c1-13-2-3-14-12-28-31-22(14)19(13)20-18(25)10-15-11-27-24(30-23(15)21(20)26)29-16-6-8-32(9-7-16)17-4-5-17/h2-3,10-12,16-17H,4-9H2,1H3,(H,28,31)(H,27,29,30). The number of halogens is 2. The van der Waals surface area contributed by atoms with Crippen LogP contribution in [0, 0.1) is 12.7 Å². The Morgan fingerprint density at radius 3 is 2.69 bits per heavy atom. The fraction of sp³-hybridized carbons (Fsp3) is 0.375. The van der Waals surface area contributed by atoms with Gasteiger partial charge in [0, 0.05) is 53.3 Å². The average molecular weight is 451 g/mol. The molecule has 3 heterocycles. The summed E-state index contributed by atoms with van der Waals surface area (Å²) in [7, 11) is 0. The Labute approximate surface area is 190 Å². The molecule has 1 saturated heterocycles. The largest absolute Gasteiger partial charge is 0.351 e. The highest BCUT2D eigenvalue weighted by Crippen LogP contribution is 2.40. The Morgan fingerprint density at radius 2 is 1.91 bits per heavy atom. The van der Waals surface area contributed by atoms with E-state index in [0.29, 0.717) is 33.5 Å². The van der Waals surface area contributed by atoms with Gasteiger partial charge < -0.3 is 10.2 Å². The number of piperidine rings is 1.